The lowest BCUT2D eigenvalue weighted by molar-refractivity contribution is 0.0168. The molecule has 0 aromatic heterocycles. The summed E-state index contributed by atoms with van der Waals surface area (Å²) in [5.74, 6) is -0.606. The summed E-state index contributed by atoms with van der Waals surface area (Å²) in [4.78, 5) is 0. The van der Waals surface area contributed by atoms with E-state index in [4.69, 9.17) is 11.6 Å². The van der Waals surface area contributed by atoms with Crippen molar-refractivity contribution in [3.8, 4) is 0 Å². The van der Waals surface area contributed by atoms with E-state index in [0.29, 0.717) is 11.4 Å². The number of hydrogen-bond acceptors (Lipinski definition) is 1. The van der Waals surface area contributed by atoms with Crippen molar-refractivity contribution in [2.75, 3.05) is 12.4 Å². The second-order valence-corrected chi connectivity index (χ2v) is 4.58. The molecule has 0 amide bonds. The van der Waals surface area contributed by atoms with Crippen LogP contribution >= 0.6 is 11.6 Å². The van der Waals surface area contributed by atoms with E-state index in [9.17, 15) is 8.78 Å². The van der Waals surface area contributed by atoms with E-state index in [0.717, 1.165) is 17.7 Å². The third-order valence-electron chi connectivity index (χ3n) is 3.34. The van der Waals surface area contributed by atoms with Crippen LogP contribution in [-0.4, -0.2) is 13.5 Å². The highest BCUT2D eigenvalue weighted by Gasteiger charge is 2.39. The second-order valence-electron chi connectivity index (χ2n) is 4.17. The van der Waals surface area contributed by atoms with Crippen LogP contribution < -0.4 is 5.32 Å². The molecule has 1 saturated carbocycles. The predicted octanol–water partition coefficient (Wildman–Crippen LogP) is 4.14. The van der Waals surface area contributed by atoms with Crippen molar-refractivity contribution in [2.45, 2.75) is 25.2 Å². The summed E-state index contributed by atoms with van der Waals surface area (Å²) in [5, 5.41) is 3.59. The fourth-order valence-corrected chi connectivity index (χ4v) is 2.45. The molecule has 4 heteroatoms. The standard InChI is InChI=1S/C12H14ClF2N/c1-16-7-2-5-11(13)10(6-7)8-3-4-9(8)12(14)15/h2,5-6,8-9,12,16H,3-4H2,1H3/t8-,9?/m1/s1. The minimum atomic E-state index is -2.24. The first-order valence-corrected chi connectivity index (χ1v) is 5.76. The fraction of sp³-hybridized carbons (Fsp3) is 0.500. The van der Waals surface area contributed by atoms with Crippen molar-refractivity contribution in [1.29, 1.82) is 0 Å². The van der Waals surface area contributed by atoms with Gasteiger partial charge in [0.05, 0.1) is 0 Å². The molecule has 1 unspecified atom stereocenters. The predicted molar refractivity (Wildman–Crippen MR) is 62.5 cm³/mol. The second kappa shape index (κ2) is 4.58. The van der Waals surface area contributed by atoms with Gasteiger partial charge in [-0.3, -0.25) is 0 Å². The first-order valence-electron chi connectivity index (χ1n) is 5.39. The summed E-state index contributed by atoms with van der Waals surface area (Å²) in [6.07, 6.45) is -0.835. The van der Waals surface area contributed by atoms with E-state index in [-0.39, 0.29) is 5.92 Å². The summed E-state index contributed by atoms with van der Waals surface area (Å²) in [5.41, 5.74) is 1.77. The molecule has 1 nitrogen and oxygen atoms in total. The summed E-state index contributed by atoms with van der Waals surface area (Å²) in [6.45, 7) is 0. The number of hydrogen-bond donors (Lipinski definition) is 1. The van der Waals surface area contributed by atoms with Gasteiger partial charge in [-0.25, -0.2) is 8.78 Å². The maximum atomic E-state index is 12.7. The van der Waals surface area contributed by atoms with Gasteiger partial charge in [-0.15, -0.1) is 0 Å². The van der Waals surface area contributed by atoms with E-state index in [1.807, 2.05) is 12.1 Å². The van der Waals surface area contributed by atoms with Crippen molar-refractivity contribution in [2.24, 2.45) is 5.92 Å². The van der Waals surface area contributed by atoms with E-state index in [1.54, 1.807) is 13.1 Å². The molecule has 88 valence electrons. The Labute approximate surface area is 98.8 Å². The van der Waals surface area contributed by atoms with E-state index < -0.39 is 12.3 Å². The highest BCUT2D eigenvalue weighted by molar-refractivity contribution is 6.31. The van der Waals surface area contributed by atoms with Gasteiger partial charge in [-0.2, -0.15) is 0 Å². The van der Waals surface area contributed by atoms with Crippen LogP contribution in [0.5, 0.6) is 0 Å². The molecule has 1 aliphatic rings. The van der Waals surface area contributed by atoms with Gasteiger partial charge in [-0.1, -0.05) is 11.6 Å². The highest BCUT2D eigenvalue weighted by Crippen LogP contribution is 2.48. The van der Waals surface area contributed by atoms with E-state index in [1.165, 1.54) is 0 Å². The van der Waals surface area contributed by atoms with Crippen LogP contribution in [0.2, 0.25) is 5.02 Å². The molecule has 0 aliphatic heterocycles. The smallest absolute Gasteiger partial charge is 0.242 e. The first kappa shape index (κ1) is 11.6. The molecule has 1 fully saturated rings. The minimum Gasteiger partial charge on any atom is -0.388 e. The molecule has 1 aliphatic carbocycles. The summed E-state index contributed by atoms with van der Waals surface area (Å²) in [7, 11) is 1.80. The third-order valence-corrected chi connectivity index (χ3v) is 3.68. The van der Waals surface area contributed by atoms with Gasteiger partial charge in [-0.05, 0) is 42.5 Å². The number of nitrogens with one attached hydrogen (secondary N) is 1. The quantitative estimate of drug-likeness (QED) is 0.844. The number of rotatable bonds is 3. The van der Waals surface area contributed by atoms with Crippen molar-refractivity contribution < 1.29 is 8.78 Å². The summed E-state index contributed by atoms with van der Waals surface area (Å²) in [6, 6.07) is 5.49. The van der Waals surface area contributed by atoms with E-state index in [2.05, 4.69) is 5.32 Å². The molecule has 1 aromatic carbocycles. The molecule has 2 atom stereocenters. The third kappa shape index (κ3) is 2.01. The Balaban J connectivity index is 2.26. The summed E-state index contributed by atoms with van der Waals surface area (Å²) >= 11 is 6.06. The molecule has 1 aromatic rings. The molecule has 2 rings (SSSR count). The normalized spacial score (nSPS) is 24.3. The zero-order chi connectivity index (χ0) is 11.7. The van der Waals surface area contributed by atoms with Crippen molar-refractivity contribution in [3.63, 3.8) is 0 Å². The monoisotopic (exact) mass is 245 g/mol. The van der Waals surface area contributed by atoms with Gasteiger partial charge in [0.1, 0.15) is 0 Å². The van der Waals surface area contributed by atoms with Gasteiger partial charge in [0, 0.05) is 23.7 Å². The average molecular weight is 246 g/mol. The van der Waals surface area contributed by atoms with Crippen LogP contribution in [0.15, 0.2) is 18.2 Å². The van der Waals surface area contributed by atoms with Crippen LogP contribution in [0.4, 0.5) is 14.5 Å². The van der Waals surface area contributed by atoms with Gasteiger partial charge >= 0.3 is 0 Å². The fourth-order valence-electron chi connectivity index (χ4n) is 2.20. The Kier molecular flexibility index (Phi) is 3.33. The Morgan fingerprint density at radius 2 is 2.12 bits per heavy atom. The van der Waals surface area contributed by atoms with Crippen molar-refractivity contribution in [3.05, 3.63) is 28.8 Å². The Bertz CT molecular complexity index is 381. The van der Waals surface area contributed by atoms with Gasteiger partial charge in [0.25, 0.3) is 0 Å². The Hall–Kier alpha value is -0.830. The lowest BCUT2D eigenvalue weighted by atomic mass is 9.70. The van der Waals surface area contributed by atoms with Crippen LogP contribution in [0.1, 0.15) is 24.3 Å². The SMILES string of the molecule is CNc1ccc(Cl)c([C@@H]2CCC2C(F)F)c1. The molecular weight excluding hydrogens is 232 g/mol. The van der Waals surface area contributed by atoms with Crippen LogP contribution in [-0.2, 0) is 0 Å². The van der Waals surface area contributed by atoms with Crippen molar-refractivity contribution >= 4 is 17.3 Å². The van der Waals surface area contributed by atoms with Crippen LogP contribution in [0.3, 0.4) is 0 Å². The number of halogens is 3. The van der Waals surface area contributed by atoms with E-state index >= 15 is 0 Å². The molecule has 0 saturated heterocycles. The maximum Gasteiger partial charge on any atom is 0.242 e. The minimum absolute atomic E-state index is 0.0826. The van der Waals surface area contributed by atoms with Gasteiger partial charge in [0.15, 0.2) is 0 Å². The highest BCUT2D eigenvalue weighted by atomic mass is 35.5. The molecule has 0 bridgehead atoms. The topological polar surface area (TPSA) is 12.0 Å². The number of benzene rings is 1. The summed E-state index contributed by atoms with van der Waals surface area (Å²) < 4.78 is 25.3. The van der Waals surface area contributed by atoms with Gasteiger partial charge in [0.2, 0.25) is 6.43 Å². The average Bonchev–Trinajstić information content (AvgIpc) is 2.18. The molecule has 0 radical (unpaired) electrons. The molecule has 0 spiro atoms. The van der Waals surface area contributed by atoms with Crippen LogP contribution in [0, 0.1) is 5.92 Å². The first-order chi connectivity index (χ1) is 7.63. The van der Waals surface area contributed by atoms with Crippen LogP contribution in [0.25, 0.3) is 0 Å². The number of alkyl halides is 2. The Morgan fingerprint density at radius 1 is 1.38 bits per heavy atom. The molecule has 0 heterocycles. The largest absolute Gasteiger partial charge is 0.388 e. The number of anilines is 1. The zero-order valence-corrected chi connectivity index (χ0v) is 9.77. The lowest BCUT2D eigenvalue weighted by Gasteiger charge is -2.37. The molecular formula is C12H14ClF2N. The van der Waals surface area contributed by atoms with Crippen molar-refractivity contribution in [1.82, 2.24) is 0 Å². The molecule has 16 heavy (non-hydrogen) atoms. The lowest BCUT2D eigenvalue weighted by Crippen LogP contribution is -2.30. The molecule has 1 N–H and O–H groups in total. The maximum absolute atomic E-state index is 12.7. The Morgan fingerprint density at radius 3 is 2.62 bits per heavy atom. The zero-order valence-electron chi connectivity index (χ0n) is 9.01. The van der Waals surface area contributed by atoms with Gasteiger partial charge < -0.3 is 5.32 Å².